The summed E-state index contributed by atoms with van der Waals surface area (Å²) in [7, 11) is 0. The zero-order valence-electron chi connectivity index (χ0n) is 11.2. The van der Waals surface area contributed by atoms with Crippen LogP contribution in [0.25, 0.3) is 0 Å². The molecule has 1 aromatic carbocycles. The Morgan fingerprint density at radius 3 is 2.70 bits per heavy atom. The summed E-state index contributed by atoms with van der Waals surface area (Å²) in [6, 6.07) is 8.00. The molecule has 0 atom stereocenters. The van der Waals surface area contributed by atoms with Crippen molar-refractivity contribution in [1.82, 2.24) is 10.2 Å². The van der Waals surface area contributed by atoms with E-state index < -0.39 is 0 Å². The minimum absolute atomic E-state index is 0.0544. The highest BCUT2D eigenvalue weighted by molar-refractivity contribution is 9.10. The maximum atomic E-state index is 12.6. The van der Waals surface area contributed by atoms with E-state index in [2.05, 4.69) is 31.4 Å². The third-order valence-electron chi connectivity index (χ3n) is 3.92. The van der Waals surface area contributed by atoms with E-state index in [0.29, 0.717) is 0 Å². The van der Waals surface area contributed by atoms with Crippen LogP contribution in [0.15, 0.2) is 34.9 Å². The molecule has 2 N–H and O–H groups in total. The van der Waals surface area contributed by atoms with Gasteiger partial charge >= 0.3 is 0 Å². The van der Waals surface area contributed by atoms with Crippen molar-refractivity contribution in [2.75, 3.05) is 5.32 Å². The second-order valence-corrected chi connectivity index (χ2v) is 6.08. The molecule has 1 fully saturated rings. The van der Waals surface area contributed by atoms with E-state index in [4.69, 9.17) is 0 Å². The summed E-state index contributed by atoms with van der Waals surface area (Å²) >= 11 is 3.42. The average Bonchev–Trinajstić information content (AvgIpc) is 3.15. The number of nitrogens with one attached hydrogen (secondary N) is 2. The molecular formula is C15H16BrN3O. The molecule has 5 heteroatoms. The van der Waals surface area contributed by atoms with Gasteiger partial charge in [0, 0.05) is 10.0 Å². The van der Waals surface area contributed by atoms with Crippen molar-refractivity contribution in [2.24, 2.45) is 0 Å². The number of nitrogens with zero attached hydrogens (tertiary/aromatic N) is 1. The molecule has 1 aliphatic rings. The Balaban J connectivity index is 1.82. The van der Waals surface area contributed by atoms with Crippen LogP contribution in [0.2, 0.25) is 0 Å². The zero-order valence-corrected chi connectivity index (χ0v) is 12.8. The summed E-state index contributed by atoms with van der Waals surface area (Å²) in [5.74, 6) is 0.777. The summed E-state index contributed by atoms with van der Waals surface area (Å²) in [6.07, 6.45) is 4.40. The molecule has 1 amide bonds. The molecule has 0 aliphatic heterocycles. The quantitative estimate of drug-likeness (QED) is 0.900. The number of amides is 1. The molecule has 1 aliphatic carbocycles. The molecule has 0 spiro atoms. The first-order chi connectivity index (χ1) is 9.65. The monoisotopic (exact) mass is 333 g/mol. The second kappa shape index (κ2) is 5.05. The Bertz CT molecular complexity index is 629. The van der Waals surface area contributed by atoms with Crippen LogP contribution in [-0.4, -0.2) is 16.1 Å². The highest BCUT2D eigenvalue weighted by Crippen LogP contribution is 2.49. The molecule has 0 saturated heterocycles. The Hall–Kier alpha value is -1.62. The summed E-state index contributed by atoms with van der Waals surface area (Å²) in [6.45, 7) is 2.04. The van der Waals surface area contributed by atoms with Gasteiger partial charge in [-0.2, -0.15) is 5.10 Å². The number of carbonyl (C=O) groups excluding carboxylic acids is 1. The number of carbonyl (C=O) groups is 1. The van der Waals surface area contributed by atoms with Crippen LogP contribution in [0, 0.1) is 0 Å². The van der Waals surface area contributed by atoms with Gasteiger partial charge in [0.15, 0.2) is 0 Å². The normalized spacial score (nSPS) is 15.9. The van der Waals surface area contributed by atoms with Gasteiger partial charge in [-0.3, -0.25) is 9.89 Å². The maximum Gasteiger partial charge on any atom is 0.236 e. The molecule has 0 bridgehead atoms. The number of rotatable bonds is 4. The molecule has 2 aromatic rings. The molecule has 104 valence electrons. The topological polar surface area (TPSA) is 57.8 Å². The number of halogens is 1. The van der Waals surface area contributed by atoms with Crippen molar-refractivity contribution in [3.63, 3.8) is 0 Å². The Morgan fingerprint density at radius 1 is 1.40 bits per heavy atom. The smallest absolute Gasteiger partial charge is 0.236 e. The fourth-order valence-corrected chi connectivity index (χ4v) is 2.73. The molecular weight excluding hydrogens is 318 g/mol. The van der Waals surface area contributed by atoms with E-state index in [0.717, 1.165) is 40.7 Å². The summed E-state index contributed by atoms with van der Waals surface area (Å²) in [5, 5.41) is 9.83. The molecule has 1 aromatic heterocycles. The molecule has 0 unspecified atom stereocenters. The highest BCUT2D eigenvalue weighted by Gasteiger charge is 2.51. The minimum atomic E-state index is -0.364. The van der Waals surface area contributed by atoms with Crippen LogP contribution in [-0.2, 0) is 16.6 Å². The van der Waals surface area contributed by atoms with Crippen LogP contribution in [0.5, 0.6) is 0 Å². The van der Waals surface area contributed by atoms with Gasteiger partial charge in [-0.15, -0.1) is 0 Å². The summed E-state index contributed by atoms with van der Waals surface area (Å²) < 4.78 is 1.03. The van der Waals surface area contributed by atoms with Gasteiger partial charge < -0.3 is 5.32 Å². The molecule has 4 nitrogen and oxygen atoms in total. The summed E-state index contributed by atoms with van der Waals surface area (Å²) in [4.78, 5) is 12.6. The molecule has 0 radical (unpaired) electrons. The van der Waals surface area contributed by atoms with Gasteiger partial charge in [-0.25, -0.2) is 0 Å². The van der Waals surface area contributed by atoms with Crippen molar-refractivity contribution >= 4 is 27.7 Å². The van der Waals surface area contributed by atoms with E-state index in [1.165, 1.54) is 0 Å². The SMILES string of the molecule is CCc1cn[nH]c1NC(=O)C1(c2ccc(Br)cc2)CC1. The van der Waals surface area contributed by atoms with Crippen molar-refractivity contribution in [3.05, 3.63) is 46.1 Å². The first-order valence-electron chi connectivity index (χ1n) is 6.75. The predicted octanol–water partition coefficient (Wildman–Crippen LogP) is 3.40. The lowest BCUT2D eigenvalue weighted by Crippen LogP contribution is -2.28. The van der Waals surface area contributed by atoms with Gasteiger partial charge in [-0.1, -0.05) is 35.0 Å². The first kappa shape index (κ1) is 13.4. The standard InChI is InChI=1S/C15H16BrN3O/c1-2-10-9-17-19-13(10)18-14(20)15(7-8-15)11-3-5-12(16)6-4-11/h3-6,9H,2,7-8H2,1H3,(H2,17,18,19,20). The Labute approximate surface area is 126 Å². The fraction of sp³-hybridized carbons (Fsp3) is 0.333. The third-order valence-corrected chi connectivity index (χ3v) is 4.45. The van der Waals surface area contributed by atoms with Gasteiger partial charge in [-0.05, 0) is 37.0 Å². The van der Waals surface area contributed by atoms with Crippen molar-refractivity contribution < 1.29 is 4.79 Å². The number of benzene rings is 1. The number of anilines is 1. The van der Waals surface area contributed by atoms with E-state index in [9.17, 15) is 4.79 Å². The van der Waals surface area contributed by atoms with Crippen molar-refractivity contribution in [3.8, 4) is 0 Å². The van der Waals surface area contributed by atoms with E-state index >= 15 is 0 Å². The van der Waals surface area contributed by atoms with E-state index in [-0.39, 0.29) is 11.3 Å². The van der Waals surface area contributed by atoms with Gasteiger partial charge in [0.1, 0.15) is 5.82 Å². The number of aromatic amines is 1. The lowest BCUT2D eigenvalue weighted by Gasteiger charge is -2.15. The lowest BCUT2D eigenvalue weighted by atomic mass is 9.95. The number of aromatic nitrogens is 2. The van der Waals surface area contributed by atoms with Gasteiger partial charge in [0.2, 0.25) is 5.91 Å². The number of hydrogen-bond donors (Lipinski definition) is 2. The number of H-pyrrole nitrogens is 1. The molecule has 20 heavy (non-hydrogen) atoms. The zero-order chi connectivity index (χ0) is 14.2. The molecule has 1 heterocycles. The minimum Gasteiger partial charge on any atom is -0.310 e. The van der Waals surface area contributed by atoms with Crippen molar-refractivity contribution in [1.29, 1.82) is 0 Å². The fourth-order valence-electron chi connectivity index (χ4n) is 2.46. The van der Waals surface area contributed by atoms with Crippen LogP contribution in [0.4, 0.5) is 5.82 Å². The second-order valence-electron chi connectivity index (χ2n) is 5.17. The van der Waals surface area contributed by atoms with Crippen LogP contribution < -0.4 is 5.32 Å². The average molecular weight is 334 g/mol. The first-order valence-corrected chi connectivity index (χ1v) is 7.55. The molecule has 1 saturated carbocycles. The van der Waals surface area contributed by atoms with Gasteiger partial charge in [0.25, 0.3) is 0 Å². The third kappa shape index (κ3) is 2.26. The van der Waals surface area contributed by atoms with Crippen LogP contribution >= 0.6 is 15.9 Å². The molecule has 3 rings (SSSR count). The summed E-state index contributed by atoms with van der Waals surface area (Å²) in [5.41, 5.74) is 1.75. The van der Waals surface area contributed by atoms with E-state index in [1.807, 2.05) is 31.2 Å². The largest absolute Gasteiger partial charge is 0.310 e. The number of aryl methyl sites for hydroxylation is 1. The number of hydrogen-bond acceptors (Lipinski definition) is 2. The Kier molecular flexibility index (Phi) is 3.38. The maximum absolute atomic E-state index is 12.6. The van der Waals surface area contributed by atoms with E-state index in [1.54, 1.807) is 6.20 Å². The lowest BCUT2D eigenvalue weighted by molar-refractivity contribution is -0.118. The van der Waals surface area contributed by atoms with Crippen molar-refractivity contribution in [2.45, 2.75) is 31.6 Å². The van der Waals surface area contributed by atoms with Gasteiger partial charge in [0.05, 0.1) is 11.6 Å². The predicted molar refractivity (Wildman–Crippen MR) is 81.6 cm³/mol. The van der Waals surface area contributed by atoms with Crippen LogP contribution in [0.3, 0.4) is 0 Å². The highest BCUT2D eigenvalue weighted by atomic mass is 79.9. The Morgan fingerprint density at radius 2 is 2.10 bits per heavy atom. The van der Waals surface area contributed by atoms with Crippen LogP contribution in [0.1, 0.15) is 30.9 Å².